The van der Waals surface area contributed by atoms with Gasteiger partial charge in [0.05, 0.1) is 5.39 Å². The largest absolute Gasteiger partial charge is 0.451 e. The predicted octanol–water partition coefficient (Wildman–Crippen LogP) is 5.83. The van der Waals surface area contributed by atoms with Crippen LogP contribution in [0.4, 0.5) is 0 Å². The molecule has 0 bridgehead atoms. The molecule has 148 valence electrons. The summed E-state index contributed by atoms with van der Waals surface area (Å²) in [5.74, 6) is -0.230. The Hall–Kier alpha value is -2.10. The zero-order valence-corrected chi connectivity index (χ0v) is 16.6. The summed E-state index contributed by atoms with van der Waals surface area (Å²) in [6.45, 7) is 2.87. The molecule has 0 saturated carbocycles. The van der Waals surface area contributed by atoms with Gasteiger partial charge in [0.1, 0.15) is 5.58 Å². The van der Waals surface area contributed by atoms with Gasteiger partial charge in [0.25, 0.3) is 5.91 Å². The van der Waals surface area contributed by atoms with E-state index in [1.165, 1.54) is 63.9 Å². The summed E-state index contributed by atoms with van der Waals surface area (Å²) < 4.78 is 5.55. The lowest BCUT2D eigenvalue weighted by Gasteiger charge is -2.06. The summed E-state index contributed by atoms with van der Waals surface area (Å²) in [5, 5.41) is 3.35. The molecule has 2 rings (SSSR count). The molecule has 0 unspecified atom stereocenters. The van der Waals surface area contributed by atoms with Gasteiger partial charge < -0.3 is 9.73 Å². The number of benzene rings is 1. The van der Waals surface area contributed by atoms with E-state index in [9.17, 15) is 9.59 Å². The van der Waals surface area contributed by atoms with Gasteiger partial charge in [-0.15, -0.1) is 0 Å². The molecule has 1 N–H and O–H groups in total. The number of fused-ring (bicyclic) bond motifs is 1. The molecule has 0 radical (unpaired) electrons. The van der Waals surface area contributed by atoms with Gasteiger partial charge in [-0.1, -0.05) is 83.3 Å². The van der Waals surface area contributed by atoms with Crippen LogP contribution in [0.2, 0.25) is 0 Å². The lowest BCUT2D eigenvalue weighted by molar-refractivity contribution is 0.0926. The van der Waals surface area contributed by atoms with E-state index < -0.39 is 0 Å². The van der Waals surface area contributed by atoms with E-state index in [1.54, 1.807) is 24.3 Å². The molecular formula is C23H33NO3. The van der Waals surface area contributed by atoms with Gasteiger partial charge in [0.2, 0.25) is 0 Å². The first-order valence-electron chi connectivity index (χ1n) is 10.5. The van der Waals surface area contributed by atoms with E-state index >= 15 is 0 Å². The summed E-state index contributed by atoms with van der Waals surface area (Å²) >= 11 is 0. The molecule has 1 aromatic carbocycles. The summed E-state index contributed by atoms with van der Waals surface area (Å²) in [5.41, 5.74) is 0.265. The van der Waals surface area contributed by atoms with E-state index in [0.717, 1.165) is 12.8 Å². The zero-order chi connectivity index (χ0) is 19.3. The first kappa shape index (κ1) is 21.2. The van der Waals surface area contributed by atoms with Crippen LogP contribution in [0, 0.1) is 0 Å². The van der Waals surface area contributed by atoms with Crippen molar-refractivity contribution < 1.29 is 9.21 Å². The van der Waals surface area contributed by atoms with Crippen LogP contribution in [-0.4, -0.2) is 12.5 Å². The Kier molecular flexibility index (Phi) is 9.67. The fourth-order valence-corrected chi connectivity index (χ4v) is 3.29. The number of rotatable bonds is 13. The number of amides is 1. The third-order valence-electron chi connectivity index (χ3n) is 4.92. The molecule has 0 fully saturated rings. The van der Waals surface area contributed by atoms with Gasteiger partial charge in [0.15, 0.2) is 11.2 Å². The summed E-state index contributed by atoms with van der Waals surface area (Å²) in [4.78, 5) is 24.2. The van der Waals surface area contributed by atoms with Crippen molar-refractivity contribution in [2.24, 2.45) is 0 Å². The minimum atomic E-state index is -0.315. The average Bonchev–Trinajstić information content (AvgIpc) is 2.68. The second-order valence-electron chi connectivity index (χ2n) is 7.26. The molecule has 0 saturated heterocycles. The normalized spacial score (nSPS) is 11.0. The van der Waals surface area contributed by atoms with Crippen LogP contribution in [0.15, 0.2) is 39.5 Å². The number of hydrogen-bond acceptors (Lipinski definition) is 3. The van der Waals surface area contributed by atoms with Crippen molar-refractivity contribution in [2.45, 2.75) is 77.6 Å². The average molecular weight is 372 g/mol. The van der Waals surface area contributed by atoms with E-state index in [-0.39, 0.29) is 17.1 Å². The maximum atomic E-state index is 12.2. The third kappa shape index (κ3) is 7.58. The van der Waals surface area contributed by atoms with Gasteiger partial charge in [-0.25, -0.2) is 0 Å². The van der Waals surface area contributed by atoms with E-state index in [2.05, 4.69) is 12.2 Å². The lowest BCUT2D eigenvalue weighted by atomic mass is 10.1. The van der Waals surface area contributed by atoms with Gasteiger partial charge >= 0.3 is 0 Å². The van der Waals surface area contributed by atoms with E-state index in [4.69, 9.17) is 4.42 Å². The summed E-state index contributed by atoms with van der Waals surface area (Å²) in [6, 6.07) is 8.26. The minimum Gasteiger partial charge on any atom is -0.451 e. The fourth-order valence-electron chi connectivity index (χ4n) is 3.29. The van der Waals surface area contributed by atoms with Crippen LogP contribution in [0.1, 0.15) is 88.1 Å². The predicted molar refractivity (Wildman–Crippen MR) is 111 cm³/mol. The lowest BCUT2D eigenvalue weighted by Crippen LogP contribution is -2.25. The summed E-state index contributed by atoms with van der Waals surface area (Å²) in [7, 11) is 0. The molecule has 0 spiro atoms. The molecule has 1 amide bonds. The number of carbonyl (C=O) groups excluding carboxylic acids is 1. The Morgan fingerprint density at radius 1 is 0.889 bits per heavy atom. The quantitative estimate of drug-likeness (QED) is 0.450. The first-order valence-corrected chi connectivity index (χ1v) is 10.5. The molecule has 2 aromatic rings. The topological polar surface area (TPSA) is 59.3 Å². The van der Waals surface area contributed by atoms with E-state index in [1.807, 2.05) is 0 Å². The highest BCUT2D eigenvalue weighted by Gasteiger charge is 2.11. The van der Waals surface area contributed by atoms with Crippen molar-refractivity contribution in [3.05, 3.63) is 46.3 Å². The molecule has 0 aliphatic rings. The molecule has 4 heteroatoms. The smallest absolute Gasteiger partial charge is 0.287 e. The van der Waals surface area contributed by atoms with Crippen LogP contribution in [-0.2, 0) is 0 Å². The Morgan fingerprint density at radius 2 is 1.48 bits per heavy atom. The Labute approximate surface area is 162 Å². The van der Waals surface area contributed by atoms with Crippen molar-refractivity contribution in [1.82, 2.24) is 5.32 Å². The van der Waals surface area contributed by atoms with Crippen LogP contribution < -0.4 is 10.7 Å². The van der Waals surface area contributed by atoms with Gasteiger partial charge in [-0.3, -0.25) is 9.59 Å². The molecule has 1 aromatic heterocycles. The Morgan fingerprint density at radius 3 is 2.15 bits per heavy atom. The zero-order valence-electron chi connectivity index (χ0n) is 16.6. The molecule has 0 atom stereocenters. The number of unbranched alkanes of at least 4 members (excludes halogenated alkanes) is 10. The Balaban J connectivity index is 1.57. The fraction of sp³-hybridized carbons (Fsp3) is 0.565. The Bertz CT molecular complexity index is 751. The van der Waals surface area contributed by atoms with Crippen molar-refractivity contribution >= 4 is 16.9 Å². The second kappa shape index (κ2) is 12.3. The first-order chi connectivity index (χ1) is 13.2. The van der Waals surface area contributed by atoms with Crippen molar-refractivity contribution in [3.8, 4) is 0 Å². The van der Waals surface area contributed by atoms with Crippen LogP contribution in [0.25, 0.3) is 11.0 Å². The van der Waals surface area contributed by atoms with Gasteiger partial charge in [-0.05, 0) is 18.6 Å². The monoisotopic (exact) mass is 371 g/mol. The van der Waals surface area contributed by atoms with Crippen LogP contribution in [0.3, 0.4) is 0 Å². The molecule has 4 nitrogen and oxygen atoms in total. The molecule has 1 heterocycles. The highest BCUT2D eigenvalue weighted by molar-refractivity contribution is 5.93. The number of para-hydroxylation sites is 1. The minimum absolute atomic E-state index is 0.0850. The third-order valence-corrected chi connectivity index (χ3v) is 4.92. The van der Waals surface area contributed by atoms with Gasteiger partial charge in [-0.2, -0.15) is 0 Å². The van der Waals surface area contributed by atoms with E-state index in [0.29, 0.717) is 17.5 Å². The van der Waals surface area contributed by atoms with Crippen LogP contribution in [0.5, 0.6) is 0 Å². The standard InChI is InChI=1S/C23H33NO3/c1-2-3-4-5-6-7-8-9-10-11-14-17-24-23(26)22-18-20(25)19-15-12-13-16-21(19)27-22/h12-13,15-16,18H,2-11,14,17H2,1H3,(H,24,26). The van der Waals surface area contributed by atoms with Crippen molar-refractivity contribution in [3.63, 3.8) is 0 Å². The molecule has 0 aliphatic carbocycles. The maximum Gasteiger partial charge on any atom is 0.287 e. The maximum absolute atomic E-state index is 12.2. The number of carbonyl (C=O) groups is 1. The molecular weight excluding hydrogens is 338 g/mol. The highest BCUT2D eigenvalue weighted by Crippen LogP contribution is 2.12. The van der Waals surface area contributed by atoms with Crippen LogP contribution >= 0.6 is 0 Å². The SMILES string of the molecule is CCCCCCCCCCCCCNC(=O)c1cc(=O)c2ccccc2o1. The van der Waals surface area contributed by atoms with Crippen molar-refractivity contribution in [1.29, 1.82) is 0 Å². The van der Waals surface area contributed by atoms with Gasteiger partial charge in [0, 0.05) is 12.6 Å². The number of nitrogens with one attached hydrogen (secondary N) is 1. The van der Waals surface area contributed by atoms with Crippen molar-refractivity contribution in [2.75, 3.05) is 6.54 Å². The summed E-state index contributed by atoms with van der Waals surface area (Å²) in [6.07, 6.45) is 14.1. The highest BCUT2D eigenvalue weighted by atomic mass is 16.3. The second-order valence-corrected chi connectivity index (χ2v) is 7.26. The molecule has 27 heavy (non-hydrogen) atoms. The molecule has 0 aliphatic heterocycles. The number of hydrogen-bond donors (Lipinski definition) is 1.